The summed E-state index contributed by atoms with van der Waals surface area (Å²) in [6.45, 7) is 0.338. The molecule has 7 rings (SSSR count). The highest BCUT2D eigenvalue weighted by Gasteiger charge is 2.64. The van der Waals surface area contributed by atoms with Gasteiger partial charge in [-0.1, -0.05) is 72.3 Å². The number of para-hydroxylation sites is 1. The lowest BCUT2D eigenvalue weighted by molar-refractivity contribution is -0.126. The van der Waals surface area contributed by atoms with Crippen LogP contribution in [0.25, 0.3) is 11.0 Å². The minimum Gasteiger partial charge on any atom is -0.450 e. The normalized spacial score (nSPS) is 17.5. The van der Waals surface area contributed by atoms with Crippen LogP contribution in [-0.2, 0) is 23.3 Å². The van der Waals surface area contributed by atoms with Gasteiger partial charge in [-0.3, -0.25) is 14.4 Å². The van der Waals surface area contributed by atoms with Gasteiger partial charge in [-0.2, -0.15) is 0 Å². The van der Waals surface area contributed by atoms with E-state index in [0.717, 1.165) is 17.2 Å². The van der Waals surface area contributed by atoms with Crippen LogP contribution in [0.4, 0.5) is 10.1 Å². The van der Waals surface area contributed by atoms with E-state index in [1.807, 2.05) is 48.5 Å². The van der Waals surface area contributed by atoms with E-state index in [0.29, 0.717) is 22.7 Å². The summed E-state index contributed by atoms with van der Waals surface area (Å²) in [5, 5.41) is 0.541. The van der Waals surface area contributed by atoms with Crippen LogP contribution >= 0.6 is 11.6 Å². The molecular formula is C33H22ClFN2O4. The van der Waals surface area contributed by atoms with Gasteiger partial charge in [0, 0.05) is 17.1 Å². The van der Waals surface area contributed by atoms with E-state index in [9.17, 15) is 18.8 Å². The molecule has 0 saturated carbocycles. The Kier molecular flexibility index (Phi) is 5.80. The number of anilines is 1. The van der Waals surface area contributed by atoms with Gasteiger partial charge in [0.05, 0.1) is 23.2 Å². The van der Waals surface area contributed by atoms with Crippen molar-refractivity contribution >= 4 is 40.1 Å². The molecule has 1 aromatic heterocycles. The molecule has 0 saturated heterocycles. The first-order chi connectivity index (χ1) is 19.9. The largest absolute Gasteiger partial charge is 0.450 e. The van der Waals surface area contributed by atoms with Gasteiger partial charge in [0.1, 0.15) is 11.4 Å². The molecule has 1 spiro atoms. The summed E-state index contributed by atoms with van der Waals surface area (Å²) in [7, 11) is 0. The van der Waals surface area contributed by atoms with E-state index in [-0.39, 0.29) is 35.4 Å². The number of hydrogen-bond donors (Lipinski definition) is 0. The number of hydrogen-bond acceptors (Lipinski definition) is 4. The molecule has 1 unspecified atom stereocenters. The van der Waals surface area contributed by atoms with E-state index >= 15 is 0 Å². The predicted molar refractivity (Wildman–Crippen MR) is 153 cm³/mol. The molecule has 0 radical (unpaired) electrons. The summed E-state index contributed by atoms with van der Waals surface area (Å²) in [4.78, 5) is 46.1. The fourth-order valence-electron chi connectivity index (χ4n) is 6.08. The van der Waals surface area contributed by atoms with Crippen LogP contribution in [-0.4, -0.2) is 23.3 Å². The van der Waals surface area contributed by atoms with Crippen LogP contribution in [0.5, 0.6) is 0 Å². The lowest BCUT2D eigenvalue weighted by Crippen LogP contribution is -2.53. The standard InChI is InChI=1S/C33H22ClFN2O4/c34-22-12-10-21(11-13-22)19-36-26-9-5-4-8-25(26)33(32(36)40)28-29(38)24-18-23(35)14-15-27(24)41-30(28)31(39)37(33)17-16-20-6-2-1-3-7-20/h1-15,18H,16-17,19H2. The van der Waals surface area contributed by atoms with Crippen molar-refractivity contribution in [2.24, 2.45) is 0 Å². The van der Waals surface area contributed by atoms with Gasteiger partial charge in [0.15, 0.2) is 11.0 Å². The van der Waals surface area contributed by atoms with Crippen molar-refractivity contribution in [2.75, 3.05) is 11.4 Å². The maximum Gasteiger partial charge on any atom is 0.291 e. The lowest BCUT2D eigenvalue weighted by atomic mass is 9.83. The lowest BCUT2D eigenvalue weighted by Gasteiger charge is -2.34. The number of carbonyl (C=O) groups excluding carboxylic acids is 2. The van der Waals surface area contributed by atoms with Crippen LogP contribution in [0.15, 0.2) is 106 Å². The van der Waals surface area contributed by atoms with Gasteiger partial charge in [0.25, 0.3) is 11.8 Å². The van der Waals surface area contributed by atoms with Gasteiger partial charge in [-0.15, -0.1) is 0 Å². The molecule has 0 bridgehead atoms. The molecule has 6 nitrogen and oxygen atoms in total. The van der Waals surface area contributed by atoms with E-state index < -0.39 is 28.6 Å². The summed E-state index contributed by atoms with van der Waals surface area (Å²) < 4.78 is 20.3. The Morgan fingerprint density at radius 2 is 1.56 bits per heavy atom. The Hall–Kier alpha value is -4.75. The molecule has 0 fully saturated rings. The van der Waals surface area contributed by atoms with E-state index in [1.54, 1.807) is 35.2 Å². The first-order valence-corrected chi connectivity index (χ1v) is 13.6. The van der Waals surface area contributed by atoms with Crippen LogP contribution in [0.3, 0.4) is 0 Å². The van der Waals surface area contributed by atoms with Crippen LogP contribution in [0, 0.1) is 5.82 Å². The average molecular weight is 565 g/mol. The molecule has 2 amide bonds. The fraction of sp³-hybridized carbons (Fsp3) is 0.121. The molecule has 1 atom stereocenters. The molecule has 0 N–H and O–H groups in total. The quantitative estimate of drug-likeness (QED) is 0.260. The third-order valence-electron chi connectivity index (χ3n) is 7.92. The minimum atomic E-state index is -1.77. The second kappa shape index (κ2) is 9.42. The Balaban J connectivity index is 1.47. The van der Waals surface area contributed by atoms with Gasteiger partial charge < -0.3 is 14.2 Å². The van der Waals surface area contributed by atoms with Crippen LogP contribution in [0.1, 0.15) is 32.8 Å². The number of nitrogens with zero attached hydrogens (tertiary/aromatic N) is 2. The number of carbonyl (C=O) groups is 2. The first kappa shape index (κ1) is 25.2. The van der Waals surface area contributed by atoms with Crippen LogP contribution < -0.4 is 10.3 Å². The Morgan fingerprint density at radius 1 is 0.829 bits per heavy atom. The third kappa shape index (κ3) is 3.73. The van der Waals surface area contributed by atoms with Gasteiger partial charge in [-0.25, -0.2) is 4.39 Å². The Bertz CT molecular complexity index is 1920. The highest BCUT2D eigenvalue weighted by molar-refractivity contribution is 6.30. The molecule has 2 aliphatic rings. The summed E-state index contributed by atoms with van der Waals surface area (Å²) in [5.74, 6) is -1.82. The number of fused-ring (bicyclic) bond motifs is 5. The molecular weight excluding hydrogens is 543 g/mol. The minimum absolute atomic E-state index is 0.0257. The zero-order chi connectivity index (χ0) is 28.3. The maximum atomic E-state index is 14.8. The zero-order valence-electron chi connectivity index (χ0n) is 21.6. The van der Waals surface area contributed by atoms with Crippen molar-refractivity contribution in [3.8, 4) is 0 Å². The topological polar surface area (TPSA) is 70.8 Å². The van der Waals surface area contributed by atoms with Crippen molar-refractivity contribution in [3.05, 3.63) is 146 Å². The third-order valence-corrected chi connectivity index (χ3v) is 8.17. The monoisotopic (exact) mass is 564 g/mol. The van der Waals surface area contributed by atoms with Gasteiger partial charge in [-0.05, 0) is 53.9 Å². The second-order valence-corrected chi connectivity index (χ2v) is 10.6. The van der Waals surface area contributed by atoms with Crippen molar-refractivity contribution in [3.63, 3.8) is 0 Å². The Labute approximate surface area is 239 Å². The van der Waals surface area contributed by atoms with Gasteiger partial charge in [0.2, 0.25) is 5.76 Å². The highest BCUT2D eigenvalue weighted by Crippen LogP contribution is 2.53. The number of benzene rings is 4. The highest BCUT2D eigenvalue weighted by atomic mass is 35.5. The summed E-state index contributed by atoms with van der Waals surface area (Å²) in [6.07, 6.45) is 0.442. The second-order valence-electron chi connectivity index (χ2n) is 10.2. The summed E-state index contributed by atoms with van der Waals surface area (Å²) >= 11 is 6.09. The van der Waals surface area contributed by atoms with Crippen molar-refractivity contribution in [1.29, 1.82) is 0 Å². The SMILES string of the molecule is O=C1c2oc3ccc(F)cc3c(=O)c2C2(C(=O)N(Cc3ccc(Cl)cc3)c3ccccc32)N1CCc1ccccc1. The molecule has 41 heavy (non-hydrogen) atoms. The predicted octanol–water partition coefficient (Wildman–Crippen LogP) is 6.07. The average Bonchev–Trinajstić information content (AvgIpc) is 3.38. The van der Waals surface area contributed by atoms with Crippen LogP contribution in [0.2, 0.25) is 5.02 Å². The van der Waals surface area contributed by atoms with Crippen molar-refractivity contribution < 1.29 is 18.4 Å². The molecule has 0 aliphatic carbocycles. The van der Waals surface area contributed by atoms with Crippen molar-refractivity contribution in [2.45, 2.75) is 18.5 Å². The van der Waals surface area contributed by atoms with E-state index in [4.69, 9.17) is 16.0 Å². The Morgan fingerprint density at radius 3 is 2.34 bits per heavy atom. The number of halogens is 2. The molecule has 3 heterocycles. The molecule has 5 aromatic rings. The maximum absolute atomic E-state index is 14.8. The number of rotatable bonds is 5. The zero-order valence-corrected chi connectivity index (χ0v) is 22.4. The van der Waals surface area contributed by atoms with Crippen molar-refractivity contribution in [1.82, 2.24) is 4.90 Å². The molecule has 8 heteroatoms. The molecule has 2 aliphatic heterocycles. The number of amides is 2. The molecule has 4 aromatic carbocycles. The summed E-state index contributed by atoms with van der Waals surface area (Å²) in [5.41, 5.74) is 0.500. The van der Waals surface area contributed by atoms with Gasteiger partial charge >= 0.3 is 0 Å². The fourth-order valence-corrected chi connectivity index (χ4v) is 6.20. The first-order valence-electron chi connectivity index (χ1n) is 13.2. The van der Waals surface area contributed by atoms with E-state index in [2.05, 4.69) is 0 Å². The summed E-state index contributed by atoms with van der Waals surface area (Å²) in [6, 6.07) is 27.5. The molecule has 202 valence electrons. The smallest absolute Gasteiger partial charge is 0.291 e. The van der Waals surface area contributed by atoms with E-state index in [1.165, 1.54) is 17.0 Å².